The second-order valence-electron chi connectivity index (χ2n) is 3.98. The number of carbonyl (C=O) groups is 1. The fourth-order valence-electron chi connectivity index (χ4n) is 1.67. The number of anilines is 1. The fourth-order valence-corrected chi connectivity index (χ4v) is 1.89. The molecule has 0 bridgehead atoms. The van der Waals surface area contributed by atoms with Gasteiger partial charge in [0.05, 0.1) is 5.69 Å². The largest absolute Gasteiger partial charge is 0.309 e. The Balaban J connectivity index is 2.34. The van der Waals surface area contributed by atoms with E-state index < -0.39 is 17.5 Å². The molecule has 0 heterocycles. The lowest BCUT2D eigenvalue weighted by molar-refractivity contribution is 0.0992. The predicted octanol–water partition coefficient (Wildman–Crippen LogP) is 3.53. The molecule has 0 radical (unpaired) electrons. The Labute approximate surface area is 115 Å². The predicted molar refractivity (Wildman–Crippen MR) is 72.8 cm³/mol. The van der Waals surface area contributed by atoms with Gasteiger partial charge >= 0.3 is 0 Å². The third-order valence-corrected chi connectivity index (χ3v) is 3.05. The van der Waals surface area contributed by atoms with Crippen molar-refractivity contribution in [1.82, 2.24) is 0 Å². The Kier molecular flexibility index (Phi) is 3.85. The molecule has 0 aliphatic heterocycles. The van der Waals surface area contributed by atoms with Gasteiger partial charge in [0.2, 0.25) is 0 Å². The lowest BCUT2D eigenvalue weighted by atomic mass is 10.2. The minimum Gasteiger partial charge on any atom is -0.309 e. The van der Waals surface area contributed by atoms with Crippen molar-refractivity contribution < 1.29 is 13.6 Å². The zero-order valence-corrected chi connectivity index (χ0v) is 11.0. The molecule has 0 saturated heterocycles. The van der Waals surface area contributed by atoms with Crippen molar-refractivity contribution in [2.24, 2.45) is 0 Å². The first-order valence-corrected chi connectivity index (χ1v) is 5.96. The zero-order valence-electron chi connectivity index (χ0n) is 10.1. The van der Waals surface area contributed by atoms with Crippen LogP contribution in [0.25, 0.3) is 0 Å². The van der Waals surface area contributed by atoms with Crippen LogP contribution in [0.5, 0.6) is 0 Å². The van der Waals surface area contributed by atoms with Crippen LogP contribution in [0.1, 0.15) is 10.4 Å². The molecule has 0 aromatic heterocycles. The van der Waals surface area contributed by atoms with Gasteiger partial charge in [-0.05, 0) is 30.3 Å². The van der Waals surface area contributed by atoms with Gasteiger partial charge in [0.25, 0.3) is 5.91 Å². The summed E-state index contributed by atoms with van der Waals surface area (Å²) >= 11 is 3.92. The molecule has 19 heavy (non-hydrogen) atoms. The highest BCUT2D eigenvalue weighted by atomic mass is 32.1. The Morgan fingerprint density at radius 1 is 1.11 bits per heavy atom. The van der Waals surface area contributed by atoms with Gasteiger partial charge in [0.15, 0.2) is 0 Å². The average molecular weight is 279 g/mol. The number of nitrogens with zero attached hydrogens (tertiary/aromatic N) is 1. The van der Waals surface area contributed by atoms with Crippen LogP contribution >= 0.6 is 12.6 Å². The molecule has 0 aliphatic carbocycles. The van der Waals surface area contributed by atoms with Crippen molar-refractivity contribution in [3.8, 4) is 0 Å². The van der Waals surface area contributed by atoms with Gasteiger partial charge in [-0.15, -0.1) is 12.6 Å². The summed E-state index contributed by atoms with van der Waals surface area (Å²) in [6.45, 7) is 0. The maximum Gasteiger partial charge on any atom is 0.258 e. The Bertz CT molecular complexity index is 631. The number of para-hydroxylation sites is 1. The summed E-state index contributed by atoms with van der Waals surface area (Å²) in [4.78, 5) is 13.4. The number of amides is 1. The van der Waals surface area contributed by atoms with Gasteiger partial charge < -0.3 is 4.90 Å². The van der Waals surface area contributed by atoms with Crippen molar-refractivity contribution in [1.29, 1.82) is 0 Å². The van der Waals surface area contributed by atoms with Crippen molar-refractivity contribution in [3.05, 3.63) is 59.7 Å². The topological polar surface area (TPSA) is 20.3 Å². The van der Waals surface area contributed by atoms with Crippen molar-refractivity contribution in [3.63, 3.8) is 0 Å². The van der Waals surface area contributed by atoms with Crippen molar-refractivity contribution >= 4 is 24.2 Å². The lowest BCUT2D eigenvalue weighted by Crippen LogP contribution is -2.27. The molecular weight excluding hydrogens is 268 g/mol. The van der Waals surface area contributed by atoms with Crippen LogP contribution in [0.3, 0.4) is 0 Å². The van der Waals surface area contributed by atoms with Crippen molar-refractivity contribution in [2.45, 2.75) is 4.90 Å². The van der Waals surface area contributed by atoms with Gasteiger partial charge in [-0.1, -0.05) is 12.1 Å². The van der Waals surface area contributed by atoms with E-state index in [2.05, 4.69) is 12.6 Å². The summed E-state index contributed by atoms with van der Waals surface area (Å²) in [6, 6.07) is 9.77. The number of carbonyl (C=O) groups excluding carboxylic acids is 1. The molecule has 0 spiro atoms. The van der Waals surface area contributed by atoms with Crippen LogP contribution in [0.2, 0.25) is 0 Å². The Hall–Kier alpha value is -1.88. The molecule has 0 atom stereocenters. The second-order valence-corrected chi connectivity index (χ2v) is 4.46. The summed E-state index contributed by atoms with van der Waals surface area (Å²) in [5, 5.41) is 0. The number of rotatable bonds is 2. The van der Waals surface area contributed by atoms with E-state index in [-0.39, 0.29) is 16.1 Å². The number of benzene rings is 2. The maximum atomic E-state index is 13.6. The minimum atomic E-state index is -0.506. The van der Waals surface area contributed by atoms with E-state index in [9.17, 15) is 13.6 Å². The molecule has 0 unspecified atom stereocenters. The Morgan fingerprint density at radius 2 is 1.79 bits per heavy atom. The highest BCUT2D eigenvalue weighted by Gasteiger charge is 2.17. The SMILES string of the molecule is CN(C(=O)c1ccc(F)c(S)c1)c1ccccc1F. The number of halogens is 2. The monoisotopic (exact) mass is 279 g/mol. The molecule has 0 saturated carbocycles. The van der Waals surface area contributed by atoms with Crippen LogP contribution in [-0.4, -0.2) is 13.0 Å². The summed E-state index contributed by atoms with van der Waals surface area (Å²) in [5.74, 6) is -1.43. The zero-order chi connectivity index (χ0) is 14.0. The molecule has 2 nitrogen and oxygen atoms in total. The molecule has 2 aromatic rings. The van der Waals surface area contributed by atoms with Gasteiger partial charge in [-0.2, -0.15) is 0 Å². The summed E-state index contributed by atoms with van der Waals surface area (Å²) < 4.78 is 26.7. The lowest BCUT2D eigenvalue weighted by Gasteiger charge is -2.18. The minimum absolute atomic E-state index is 0.0767. The first-order valence-electron chi connectivity index (χ1n) is 5.52. The van der Waals surface area contributed by atoms with Crippen LogP contribution < -0.4 is 4.90 Å². The average Bonchev–Trinajstić information content (AvgIpc) is 2.41. The standard InChI is InChI=1S/C14H11F2NOS/c1-17(12-5-3-2-4-10(12)15)14(18)9-6-7-11(16)13(19)8-9/h2-8,19H,1H3. The van der Waals surface area contributed by atoms with E-state index in [1.165, 1.54) is 36.2 Å². The summed E-state index contributed by atoms with van der Waals surface area (Å²) in [7, 11) is 1.46. The molecule has 1 amide bonds. The Morgan fingerprint density at radius 3 is 2.42 bits per heavy atom. The third kappa shape index (κ3) is 2.76. The maximum absolute atomic E-state index is 13.6. The summed E-state index contributed by atoms with van der Waals surface area (Å²) in [5.41, 5.74) is 0.412. The second kappa shape index (κ2) is 5.40. The first-order chi connectivity index (χ1) is 9.00. The molecular formula is C14H11F2NOS. The van der Waals surface area contributed by atoms with E-state index >= 15 is 0 Å². The summed E-state index contributed by atoms with van der Waals surface area (Å²) in [6.07, 6.45) is 0. The van der Waals surface area contributed by atoms with Crippen LogP contribution in [-0.2, 0) is 0 Å². The molecule has 5 heteroatoms. The molecule has 0 N–H and O–H groups in total. The van der Waals surface area contributed by atoms with Crippen molar-refractivity contribution in [2.75, 3.05) is 11.9 Å². The first kappa shape index (κ1) is 13.5. The van der Waals surface area contributed by atoms with Gasteiger partial charge in [0, 0.05) is 17.5 Å². The van der Waals surface area contributed by atoms with Crippen LogP contribution in [0, 0.1) is 11.6 Å². The molecule has 0 fully saturated rings. The van der Waals surface area contributed by atoms with Gasteiger partial charge in [0.1, 0.15) is 11.6 Å². The highest BCUT2D eigenvalue weighted by molar-refractivity contribution is 7.80. The number of hydrogen-bond donors (Lipinski definition) is 1. The van der Waals surface area contributed by atoms with E-state index in [4.69, 9.17) is 0 Å². The molecule has 2 aromatic carbocycles. The molecule has 0 aliphatic rings. The van der Waals surface area contributed by atoms with Gasteiger partial charge in [-0.25, -0.2) is 8.78 Å². The van der Waals surface area contributed by atoms with Gasteiger partial charge in [-0.3, -0.25) is 4.79 Å². The number of hydrogen-bond acceptors (Lipinski definition) is 2. The van der Waals surface area contributed by atoms with Crippen LogP contribution in [0.4, 0.5) is 14.5 Å². The van der Waals surface area contributed by atoms with E-state index in [0.29, 0.717) is 0 Å². The quantitative estimate of drug-likeness (QED) is 0.834. The smallest absolute Gasteiger partial charge is 0.258 e. The normalized spacial score (nSPS) is 10.3. The van der Waals surface area contributed by atoms with E-state index in [1.54, 1.807) is 12.1 Å². The van der Waals surface area contributed by atoms with Crippen LogP contribution in [0.15, 0.2) is 47.4 Å². The highest BCUT2D eigenvalue weighted by Crippen LogP contribution is 2.21. The van der Waals surface area contributed by atoms with E-state index in [1.807, 2.05) is 0 Å². The van der Waals surface area contributed by atoms with E-state index in [0.717, 1.165) is 6.07 Å². The molecule has 98 valence electrons. The third-order valence-electron chi connectivity index (χ3n) is 2.71. The number of thiol groups is 1. The fraction of sp³-hybridized carbons (Fsp3) is 0.0714. The molecule has 2 rings (SSSR count).